The minimum absolute atomic E-state index is 0.366. The molecule has 146 valence electrons. The molecular formula is C18H31N5O3. The lowest BCUT2D eigenvalue weighted by Gasteiger charge is -2.36. The van der Waals surface area contributed by atoms with Crippen LogP contribution in [0.25, 0.3) is 0 Å². The Balaban J connectivity index is 1.41. The number of nitrogens with one attached hydrogen (secondary N) is 1. The molecule has 26 heavy (non-hydrogen) atoms. The van der Waals surface area contributed by atoms with Crippen LogP contribution in [0.5, 0.6) is 0 Å². The Morgan fingerprint density at radius 2 is 2.23 bits per heavy atom. The Morgan fingerprint density at radius 3 is 2.88 bits per heavy atom. The molecule has 0 spiro atoms. The van der Waals surface area contributed by atoms with E-state index in [2.05, 4.69) is 32.2 Å². The quantitative estimate of drug-likeness (QED) is 0.488. The van der Waals surface area contributed by atoms with Crippen molar-refractivity contribution in [2.45, 2.75) is 32.4 Å². The zero-order valence-electron chi connectivity index (χ0n) is 15.6. The maximum Gasteiger partial charge on any atom is 0.194 e. The Hall–Kier alpha value is -1.64. The number of hydrogen-bond donors (Lipinski definition) is 2. The highest BCUT2D eigenvalue weighted by Gasteiger charge is 2.22. The lowest BCUT2D eigenvalue weighted by molar-refractivity contribution is 0.0367. The normalized spacial score (nSPS) is 20.4. The van der Waals surface area contributed by atoms with Crippen LogP contribution in [0.3, 0.4) is 0 Å². The van der Waals surface area contributed by atoms with E-state index in [1.807, 2.05) is 6.07 Å². The monoisotopic (exact) mass is 365 g/mol. The van der Waals surface area contributed by atoms with Crippen LogP contribution < -0.4 is 5.32 Å². The number of rotatable bonds is 9. The van der Waals surface area contributed by atoms with Gasteiger partial charge in [-0.1, -0.05) is 5.16 Å². The summed E-state index contributed by atoms with van der Waals surface area (Å²) in [5, 5.41) is 17.4. The molecule has 0 radical (unpaired) electrons. The van der Waals surface area contributed by atoms with Crippen LogP contribution in [-0.2, 0) is 11.3 Å². The van der Waals surface area contributed by atoms with E-state index in [-0.39, 0.29) is 0 Å². The Labute approximate surface area is 155 Å². The fraction of sp³-hybridized carbons (Fsp3) is 0.778. The van der Waals surface area contributed by atoms with Crippen LogP contribution in [0.2, 0.25) is 0 Å². The summed E-state index contributed by atoms with van der Waals surface area (Å²) in [5.41, 5.74) is 0.966. The van der Waals surface area contributed by atoms with E-state index >= 15 is 0 Å². The zero-order chi connectivity index (χ0) is 18.2. The Morgan fingerprint density at radius 1 is 1.42 bits per heavy atom. The summed E-state index contributed by atoms with van der Waals surface area (Å²) in [6.45, 7) is 8.89. The molecule has 8 nitrogen and oxygen atoms in total. The molecule has 8 heteroatoms. The van der Waals surface area contributed by atoms with E-state index in [9.17, 15) is 5.11 Å². The number of aliphatic imine (C=N–C) groups is 1. The molecule has 2 N–H and O–H groups in total. The van der Waals surface area contributed by atoms with Crippen LogP contribution in [0.15, 0.2) is 21.8 Å². The molecule has 1 aliphatic heterocycles. The SMILES string of the molecule is CCNC(=NCC(O)COCC1CC1)N1CCN(Cc2ccon2)CC1. The van der Waals surface area contributed by atoms with Crippen LogP contribution in [-0.4, -0.2) is 84.6 Å². The van der Waals surface area contributed by atoms with Crippen molar-refractivity contribution in [3.05, 3.63) is 18.0 Å². The molecule has 2 heterocycles. The maximum atomic E-state index is 10.1. The van der Waals surface area contributed by atoms with Crippen LogP contribution >= 0.6 is 0 Å². The van der Waals surface area contributed by atoms with Gasteiger partial charge in [0.15, 0.2) is 5.96 Å². The van der Waals surface area contributed by atoms with Crippen molar-refractivity contribution in [3.63, 3.8) is 0 Å². The van der Waals surface area contributed by atoms with Gasteiger partial charge in [-0.25, -0.2) is 0 Å². The molecule has 1 aromatic rings. The number of aliphatic hydroxyl groups excluding tert-OH is 1. The molecule has 0 aromatic carbocycles. The number of nitrogens with zero attached hydrogens (tertiary/aromatic N) is 4. The summed E-state index contributed by atoms with van der Waals surface area (Å²) in [5.74, 6) is 1.59. The molecule has 3 rings (SSSR count). The van der Waals surface area contributed by atoms with E-state index in [0.29, 0.717) is 13.2 Å². The van der Waals surface area contributed by atoms with Crippen LogP contribution in [0.4, 0.5) is 0 Å². The standard InChI is InChI=1S/C18H31N5O3/c1-2-19-18(20-11-17(24)14-25-13-15-3-4-15)23-8-6-22(7-9-23)12-16-5-10-26-21-16/h5,10,15,17,24H,2-4,6-9,11-14H2,1H3,(H,19,20). The number of aromatic nitrogens is 1. The third-order valence-electron chi connectivity index (χ3n) is 4.70. The first-order valence-electron chi connectivity index (χ1n) is 9.65. The molecule has 1 aliphatic carbocycles. The number of aliphatic hydroxyl groups is 1. The summed E-state index contributed by atoms with van der Waals surface area (Å²) in [6, 6.07) is 1.91. The summed E-state index contributed by atoms with van der Waals surface area (Å²) >= 11 is 0. The highest BCUT2D eigenvalue weighted by atomic mass is 16.5. The molecular weight excluding hydrogens is 334 g/mol. The Bertz CT molecular complexity index is 539. The van der Waals surface area contributed by atoms with Gasteiger partial charge >= 0.3 is 0 Å². The van der Waals surface area contributed by atoms with E-state index < -0.39 is 6.10 Å². The lowest BCUT2D eigenvalue weighted by Crippen LogP contribution is -2.52. The second kappa shape index (κ2) is 9.89. The molecule has 1 unspecified atom stereocenters. The third kappa shape index (κ3) is 6.26. The average Bonchev–Trinajstić information content (AvgIpc) is 3.33. The largest absolute Gasteiger partial charge is 0.389 e. The van der Waals surface area contributed by atoms with Gasteiger partial charge in [0.05, 0.1) is 24.9 Å². The van der Waals surface area contributed by atoms with Crippen molar-refractivity contribution in [2.75, 3.05) is 52.5 Å². The second-order valence-corrected chi connectivity index (χ2v) is 7.08. The summed E-state index contributed by atoms with van der Waals surface area (Å²) in [6.07, 6.45) is 3.60. The summed E-state index contributed by atoms with van der Waals surface area (Å²) in [7, 11) is 0. The van der Waals surface area contributed by atoms with Gasteiger partial charge < -0.3 is 24.6 Å². The van der Waals surface area contributed by atoms with Gasteiger partial charge in [-0.2, -0.15) is 0 Å². The number of guanidine groups is 1. The first-order chi connectivity index (χ1) is 12.7. The number of hydrogen-bond acceptors (Lipinski definition) is 6. The van der Waals surface area contributed by atoms with Gasteiger partial charge in [-0.05, 0) is 25.7 Å². The second-order valence-electron chi connectivity index (χ2n) is 7.08. The molecule has 0 bridgehead atoms. The number of ether oxygens (including phenoxy) is 1. The maximum absolute atomic E-state index is 10.1. The molecule has 1 saturated heterocycles. The zero-order valence-corrected chi connectivity index (χ0v) is 15.6. The van der Waals surface area contributed by atoms with Crippen LogP contribution in [0, 0.1) is 5.92 Å². The van der Waals surface area contributed by atoms with E-state index in [1.54, 1.807) is 6.26 Å². The van der Waals surface area contributed by atoms with Crippen molar-refractivity contribution in [2.24, 2.45) is 10.9 Å². The number of piperazine rings is 1. The highest BCUT2D eigenvalue weighted by Crippen LogP contribution is 2.28. The van der Waals surface area contributed by atoms with E-state index in [0.717, 1.165) is 63.4 Å². The van der Waals surface area contributed by atoms with Crippen molar-refractivity contribution < 1.29 is 14.4 Å². The fourth-order valence-electron chi connectivity index (χ4n) is 2.99. The van der Waals surface area contributed by atoms with Gasteiger partial charge in [0.2, 0.25) is 0 Å². The van der Waals surface area contributed by atoms with Crippen LogP contribution in [0.1, 0.15) is 25.5 Å². The highest BCUT2D eigenvalue weighted by molar-refractivity contribution is 5.80. The van der Waals surface area contributed by atoms with E-state index in [4.69, 9.17) is 9.26 Å². The summed E-state index contributed by atoms with van der Waals surface area (Å²) < 4.78 is 10.4. The van der Waals surface area contributed by atoms with Gasteiger partial charge in [0.25, 0.3) is 0 Å². The average molecular weight is 365 g/mol. The third-order valence-corrected chi connectivity index (χ3v) is 4.70. The van der Waals surface area contributed by atoms with Gasteiger partial charge in [-0.15, -0.1) is 0 Å². The van der Waals surface area contributed by atoms with Crippen molar-refractivity contribution in [3.8, 4) is 0 Å². The predicted molar refractivity (Wildman–Crippen MR) is 98.9 cm³/mol. The molecule has 1 aromatic heterocycles. The van der Waals surface area contributed by atoms with E-state index in [1.165, 1.54) is 12.8 Å². The van der Waals surface area contributed by atoms with Gasteiger partial charge in [0.1, 0.15) is 6.26 Å². The molecule has 0 amide bonds. The summed E-state index contributed by atoms with van der Waals surface area (Å²) in [4.78, 5) is 9.22. The minimum atomic E-state index is -0.545. The van der Waals surface area contributed by atoms with Crippen molar-refractivity contribution in [1.29, 1.82) is 0 Å². The molecule has 2 aliphatic rings. The molecule has 2 fully saturated rings. The van der Waals surface area contributed by atoms with Gasteiger partial charge in [-0.3, -0.25) is 9.89 Å². The molecule has 1 atom stereocenters. The van der Waals surface area contributed by atoms with Crippen molar-refractivity contribution in [1.82, 2.24) is 20.3 Å². The minimum Gasteiger partial charge on any atom is -0.389 e. The topological polar surface area (TPSA) is 86.4 Å². The lowest BCUT2D eigenvalue weighted by atomic mass is 10.3. The molecule has 1 saturated carbocycles. The fourth-order valence-corrected chi connectivity index (χ4v) is 2.99. The van der Waals surface area contributed by atoms with Crippen molar-refractivity contribution >= 4 is 5.96 Å². The predicted octanol–water partition coefficient (Wildman–Crippen LogP) is 0.545. The Kier molecular flexibility index (Phi) is 7.28. The van der Waals surface area contributed by atoms with Gasteiger partial charge in [0, 0.05) is 51.9 Å². The smallest absolute Gasteiger partial charge is 0.194 e. The first kappa shape index (κ1) is 19.1. The first-order valence-corrected chi connectivity index (χ1v) is 9.65.